The van der Waals surface area contributed by atoms with Crippen molar-refractivity contribution in [1.82, 2.24) is 15.0 Å². The third kappa shape index (κ3) is 2.17. The molecule has 106 valence electrons. The number of hydrogen-bond acceptors (Lipinski definition) is 4. The summed E-state index contributed by atoms with van der Waals surface area (Å²) in [6.07, 6.45) is 2.27. The van der Waals surface area contributed by atoms with Crippen LogP contribution in [0.25, 0.3) is 11.1 Å². The Morgan fingerprint density at radius 1 is 1.45 bits per heavy atom. The molecule has 0 unspecified atom stereocenters. The lowest BCUT2D eigenvalue weighted by Crippen LogP contribution is -2.39. The second-order valence-electron chi connectivity index (χ2n) is 5.76. The number of rotatable bonds is 1. The summed E-state index contributed by atoms with van der Waals surface area (Å²) in [6.45, 7) is 7.56. The fourth-order valence-corrected chi connectivity index (χ4v) is 2.93. The van der Waals surface area contributed by atoms with Crippen molar-refractivity contribution < 1.29 is 9.32 Å². The highest BCUT2D eigenvalue weighted by Gasteiger charge is 2.25. The molecule has 20 heavy (non-hydrogen) atoms. The molecule has 1 aliphatic heterocycles. The van der Waals surface area contributed by atoms with Gasteiger partial charge >= 0.3 is 0 Å². The molecule has 3 heterocycles. The minimum atomic E-state index is 0.0679. The predicted octanol–water partition coefficient (Wildman–Crippen LogP) is 2.71. The van der Waals surface area contributed by atoms with Crippen LogP contribution < -0.4 is 0 Å². The molecule has 2 aromatic rings. The average Bonchev–Trinajstić information content (AvgIpc) is 2.78. The number of fused-ring (bicyclic) bond motifs is 1. The van der Waals surface area contributed by atoms with Gasteiger partial charge in [0, 0.05) is 18.8 Å². The van der Waals surface area contributed by atoms with Crippen LogP contribution in [-0.4, -0.2) is 34.0 Å². The van der Waals surface area contributed by atoms with Crippen LogP contribution in [0.3, 0.4) is 0 Å². The average molecular weight is 273 g/mol. The quantitative estimate of drug-likeness (QED) is 0.801. The molecule has 0 aromatic carbocycles. The van der Waals surface area contributed by atoms with Crippen LogP contribution in [0.15, 0.2) is 10.6 Å². The van der Waals surface area contributed by atoms with E-state index in [4.69, 9.17) is 4.52 Å². The van der Waals surface area contributed by atoms with E-state index in [2.05, 4.69) is 17.1 Å². The van der Waals surface area contributed by atoms with Gasteiger partial charge in [-0.1, -0.05) is 12.1 Å². The summed E-state index contributed by atoms with van der Waals surface area (Å²) in [6, 6.07) is 1.84. The molecular weight excluding hydrogens is 254 g/mol. The van der Waals surface area contributed by atoms with Crippen LogP contribution in [0.2, 0.25) is 0 Å². The van der Waals surface area contributed by atoms with Crippen molar-refractivity contribution in [3.05, 3.63) is 23.0 Å². The molecule has 3 rings (SSSR count). The summed E-state index contributed by atoms with van der Waals surface area (Å²) in [5, 5.41) is 4.68. The van der Waals surface area contributed by atoms with E-state index in [1.165, 1.54) is 6.42 Å². The highest BCUT2D eigenvalue weighted by molar-refractivity contribution is 6.06. The first kappa shape index (κ1) is 13.1. The van der Waals surface area contributed by atoms with Gasteiger partial charge in [-0.05, 0) is 38.7 Å². The molecular formula is C15H19N3O2. The minimum Gasteiger partial charge on any atom is -0.338 e. The van der Waals surface area contributed by atoms with Crippen molar-refractivity contribution >= 4 is 17.0 Å². The summed E-state index contributed by atoms with van der Waals surface area (Å²) in [5.74, 6) is 0.632. The lowest BCUT2D eigenvalue weighted by atomic mass is 9.99. The Morgan fingerprint density at radius 2 is 2.25 bits per heavy atom. The van der Waals surface area contributed by atoms with Crippen LogP contribution in [0, 0.1) is 19.8 Å². The molecule has 1 aliphatic rings. The van der Waals surface area contributed by atoms with E-state index in [-0.39, 0.29) is 5.91 Å². The first-order valence-electron chi connectivity index (χ1n) is 7.09. The first-order chi connectivity index (χ1) is 9.56. The molecule has 0 saturated carbocycles. The van der Waals surface area contributed by atoms with Crippen LogP contribution in [0.5, 0.6) is 0 Å². The Labute approximate surface area is 117 Å². The van der Waals surface area contributed by atoms with Crippen LogP contribution >= 0.6 is 0 Å². The summed E-state index contributed by atoms with van der Waals surface area (Å²) < 4.78 is 5.20. The zero-order valence-electron chi connectivity index (χ0n) is 12.1. The zero-order chi connectivity index (χ0) is 14.3. The normalized spacial score (nSPS) is 19.6. The van der Waals surface area contributed by atoms with E-state index in [1.807, 2.05) is 24.8 Å². The maximum Gasteiger partial charge on any atom is 0.258 e. The topological polar surface area (TPSA) is 59.2 Å². The van der Waals surface area contributed by atoms with Crippen LogP contribution in [0.1, 0.15) is 41.5 Å². The molecule has 0 N–H and O–H groups in total. The number of aromatic nitrogens is 2. The summed E-state index contributed by atoms with van der Waals surface area (Å²) in [5.41, 5.74) is 2.62. The zero-order valence-corrected chi connectivity index (χ0v) is 12.1. The lowest BCUT2D eigenvalue weighted by Gasteiger charge is -2.31. The summed E-state index contributed by atoms with van der Waals surface area (Å²) in [4.78, 5) is 19.0. The highest BCUT2D eigenvalue weighted by Crippen LogP contribution is 2.25. The van der Waals surface area contributed by atoms with Crippen molar-refractivity contribution in [1.29, 1.82) is 0 Å². The smallest absolute Gasteiger partial charge is 0.258 e. The van der Waals surface area contributed by atoms with E-state index >= 15 is 0 Å². The lowest BCUT2D eigenvalue weighted by molar-refractivity contribution is 0.0685. The van der Waals surface area contributed by atoms with Gasteiger partial charge in [0.15, 0.2) is 0 Å². The van der Waals surface area contributed by atoms with E-state index in [1.54, 1.807) is 0 Å². The first-order valence-corrected chi connectivity index (χ1v) is 7.09. The molecule has 1 saturated heterocycles. The largest absolute Gasteiger partial charge is 0.338 e. The van der Waals surface area contributed by atoms with Crippen LogP contribution in [-0.2, 0) is 0 Å². The van der Waals surface area contributed by atoms with Gasteiger partial charge in [0.05, 0.1) is 16.6 Å². The van der Waals surface area contributed by atoms with E-state index < -0.39 is 0 Å². The van der Waals surface area contributed by atoms with Crippen molar-refractivity contribution in [2.45, 2.75) is 33.6 Å². The molecule has 0 spiro atoms. The fourth-order valence-electron chi connectivity index (χ4n) is 2.93. The Bertz CT molecular complexity index is 662. The molecule has 1 amide bonds. The predicted molar refractivity (Wildman–Crippen MR) is 75.6 cm³/mol. The van der Waals surface area contributed by atoms with E-state index in [0.29, 0.717) is 17.2 Å². The number of likely N-dealkylation sites (tertiary alicyclic amines) is 1. The Morgan fingerprint density at radius 3 is 3.00 bits per heavy atom. The van der Waals surface area contributed by atoms with Gasteiger partial charge in [-0.15, -0.1) is 0 Å². The van der Waals surface area contributed by atoms with Gasteiger partial charge in [0.2, 0.25) is 0 Å². The number of aryl methyl sites for hydroxylation is 2. The number of hydrogen-bond donors (Lipinski definition) is 0. The third-order valence-electron chi connectivity index (χ3n) is 3.92. The van der Waals surface area contributed by atoms with Crippen molar-refractivity contribution in [3.8, 4) is 0 Å². The Hall–Kier alpha value is -1.91. The maximum atomic E-state index is 12.8. The molecule has 0 bridgehead atoms. The van der Waals surface area contributed by atoms with Gasteiger partial charge in [-0.2, -0.15) is 0 Å². The van der Waals surface area contributed by atoms with Crippen molar-refractivity contribution in [2.75, 3.05) is 13.1 Å². The molecule has 5 heteroatoms. The highest BCUT2D eigenvalue weighted by atomic mass is 16.5. The molecule has 2 aromatic heterocycles. The third-order valence-corrected chi connectivity index (χ3v) is 3.92. The second kappa shape index (κ2) is 4.89. The van der Waals surface area contributed by atoms with Crippen molar-refractivity contribution in [3.63, 3.8) is 0 Å². The SMILES string of the molecule is Cc1cc(C(=O)N2CCC[C@@H](C)C2)c2c(C)noc2n1. The van der Waals surface area contributed by atoms with Crippen molar-refractivity contribution in [2.24, 2.45) is 5.92 Å². The van der Waals surface area contributed by atoms with Crippen LogP contribution in [0.4, 0.5) is 0 Å². The van der Waals surface area contributed by atoms with Gasteiger partial charge in [0.1, 0.15) is 0 Å². The molecule has 5 nitrogen and oxygen atoms in total. The minimum absolute atomic E-state index is 0.0679. The molecule has 1 atom stereocenters. The van der Waals surface area contributed by atoms with E-state index in [0.717, 1.165) is 36.3 Å². The summed E-state index contributed by atoms with van der Waals surface area (Å²) in [7, 11) is 0. The van der Waals surface area contributed by atoms with Gasteiger partial charge in [0.25, 0.3) is 11.6 Å². The van der Waals surface area contributed by atoms with E-state index in [9.17, 15) is 4.79 Å². The number of amides is 1. The number of nitrogens with zero attached hydrogens (tertiary/aromatic N) is 3. The molecule has 0 radical (unpaired) electrons. The monoisotopic (exact) mass is 273 g/mol. The number of piperidine rings is 1. The molecule has 0 aliphatic carbocycles. The number of pyridine rings is 1. The Kier molecular flexibility index (Phi) is 3.20. The standard InChI is InChI=1S/C15H19N3O2/c1-9-5-4-6-18(8-9)15(19)12-7-10(2)16-14-13(12)11(3)17-20-14/h7,9H,4-6,8H2,1-3H3/t9-/m1/s1. The Balaban J connectivity index is 2.04. The van der Waals surface area contributed by atoms with Gasteiger partial charge < -0.3 is 9.42 Å². The van der Waals surface area contributed by atoms with Gasteiger partial charge in [-0.25, -0.2) is 4.98 Å². The van der Waals surface area contributed by atoms with Gasteiger partial charge in [-0.3, -0.25) is 4.79 Å². The maximum absolute atomic E-state index is 12.8. The second-order valence-corrected chi connectivity index (χ2v) is 5.76. The number of carbonyl (C=O) groups is 1. The number of carbonyl (C=O) groups excluding carboxylic acids is 1. The fraction of sp³-hybridized carbons (Fsp3) is 0.533. The molecule has 1 fully saturated rings. The summed E-state index contributed by atoms with van der Waals surface area (Å²) >= 11 is 0.